The van der Waals surface area contributed by atoms with Gasteiger partial charge in [-0.2, -0.15) is 5.26 Å². The molecule has 0 saturated carbocycles. The molecule has 2 amide bonds. The van der Waals surface area contributed by atoms with Crippen molar-refractivity contribution < 1.29 is 19.5 Å². The SMILES string of the molecule is N#CCN1CCCC1C(=O)NC(CC(=O)O)C(N)=O. The topological polar surface area (TPSA) is 137 Å². The van der Waals surface area contributed by atoms with Crippen molar-refractivity contribution in [2.24, 2.45) is 5.73 Å². The summed E-state index contributed by atoms with van der Waals surface area (Å²) in [4.78, 5) is 35.3. The average molecular weight is 268 g/mol. The minimum absolute atomic E-state index is 0.123. The Hall–Kier alpha value is -2.14. The van der Waals surface area contributed by atoms with Crippen molar-refractivity contribution in [3.8, 4) is 6.07 Å². The zero-order valence-electron chi connectivity index (χ0n) is 10.3. The lowest BCUT2D eigenvalue weighted by Crippen LogP contribution is -2.51. The van der Waals surface area contributed by atoms with Gasteiger partial charge in [-0.15, -0.1) is 0 Å². The van der Waals surface area contributed by atoms with Crippen LogP contribution < -0.4 is 11.1 Å². The molecule has 8 heteroatoms. The summed E-state index contributed by atoms with van der Waals surface area (Å²) in [7, 11) is 0. The molecule has 0 bridgehead atoms. The fourth-order valence-electron chi connectivity index (χ4n) is 2.07. The van der Waals surface area contributed by atoms with E-state index in [9.17, 15) is 14.4 Å². The molecule has 1 aliphatic rings. The molecule has 0 spiro atoms. The van der Waals surface area contributed by atoms with Crippen LogP contribution in [0.15, 0.2) is 0 Å². The Balaban J connectivity index is 2.63. The fraction of sp³-hybridized carbons (Fsp3) is 0.636. The standard InChI is InChI=1S/C11H16N4O4/c12-3-5-15-4-1-2-8(15)11(19)14-7(10(13)18)6-9(16)17/h7-8H,1-2,4-6H2,(H2,13,18)(H,14,19)(H,16,17). The maximum atomic E-state index is 12.0. The van der Waals surface area contributed by atoms with Gasteiger partial charge in [0.2, 0.25) is 11.8 Å². The summed E-state index contributed by atoms with van der Waals surface area (Å²) in [5, 5.41) is 19.6. The highest BCUT2D eigenvalue weighted by atomic mass is 16.4. The first-order valence-corrected chi connectivity index (χ1v) is 5.88. The molecule has 2 unspecified atom stereocenters. The number of nitriles is 1. The molecular weight excluding hydrogens is 252 g/mol. The van der Waals surface area contributed by atoms with E-state index in [4.69, 9.17) is 16.1 Å². The predicted molar refractivity (Wildman–Crippen MR) is 63.6 cm³/mol. The number of nitrogens with two attached hydrogens (primary N) is 1. The van der Waals surface area contributed by atoms with Gasteiger partial charge in [0.1, 0.15) is 6.04 Å². The molecule has 0 aromatic heterocycles. The van der Waals surface area contributed by atoms with Gasteiger partial charge in [0.15, 0.2) is 0 Å². The molecule has 1 rings (SSSR count). The van der Waals surface area contributed by atoms with Gasteiger partial charge in [0, 0.05) is 6.54 Å². The Labute approximate surface area is 110 Å². The van der Waals surface area contributed by atoms with Crippen LogP contribution in [0.3, 0.4) is 0 Å². The molecule has 8 nitrogen and oxygen atoms in total. The summed E-state index contributed by atoms with van der Waals surface area (Å²) < 4.78 is 0. The van der Waals surface area contributed by atoms with Crippen LogP contribution in [0.2, 0.25) is 0 Å². The molecule has 104 valence electrons. The van der Waals surface area contributed by atoms with Crippen LogP contribution in [0, 0.1) is 11.3 Å². The number of aliphatic carboxylic acids is 1. The smallest absolute Gasteiger partial charge is 0.305 e. The van der Waals surface area contributed by atoms with Crippen LogP contribution in [0.1, 0.15) is 19.3 Å². The summed E-state index contributed by atoms with van der Waals surface area (Å²) in [6, 6.07) is 0.231. The first kappa shape index (κ1) is 14.9. The summed E-state index contributed by atoms with van der Waals surface area (Å²) in [5.41, 5.74) is 5.04. The van der Waals surface area contributed by atoms with E-state index in [1.165, 1.54) is 0 Å². The highest BCUT2D eigenvalue weighted by molar-refractivity contribution is 5.91. The molecule has 1 saturated heterocycles. The number of likely N-dealkylation sites (tertiary alicyclic amines) is 1. The number of amides is 2. The third kappa shape index (κ3) is 4.22. The first-order valence-electron chi connectivity index (χ1n) is 5.88. The largest absolute Gasteiger partial charge is 0.481 e. The van der Waals surface area contributed by atoms with E-state index < -0.39 is 36.3 Å². The predicted octanol–water partition coefficient (Wildman–Crippen LogP) is -1.58. The molecule has 1 fully saturated rings. The van der Waals surface area contributed by atoms with Crippen LogP contribution in [0.4, 0.5) is 0 Å². The number of carbonyl (C=O) groups excluding carboxylic acids is 2. The second-order valence-corrected chi connectivity index (χ2v) is 4.35. The van der Waals surface area contributed by atoms with Gasteiger partial charge < -0.3 is 16.2 Å². The summed E-state index contributed by atoms with van der Waals surface area (Å²) in [5.74, 6) is -2.57. The first-order chi connectivity index (χ1) is 8.95. The van der Waals surface area contributed by atoms with E-state index in [0.29, 0.717) is 13.0 Å². The summed E-state index contributed by atoms with van der Waals surface area (Å²) in [6.45, 7) is 0.754. The lowest BCUT2D eigenvalue weighted by molar-refractivity contribution is -0.140. The molecule has 1 aliphatic heterocycles. The van der Waals surface area contributed by atoms with Gasteiger partial charge in [-0.3, -0.25) is 19.3 Å². The third-order valence-corrected chi connectivity index (χ3v) is 2.98. The van der Waals surface area contributed by atoms with Gasteiger partial charge in [-0.25, -0.2) is 0 Å². The van der Waals surface area contributed by atoms with Crippen LogP contribution in [0.25, 0.3) is 0 Å². The van der Waals surface area contributed by atoms with Crippen LogP contribution in [-0.4, -0.2) is 53.0 Å². The molecule has 0 aliphatic carbocycles. The number of carboxylic acid groups (broad SMARTS) is 1. The molecule has 4 N–H and O–H groups in total. The number of nitrogens with zero attached hydrogens (tertiary/aromatic N) is 2. The van der Waals surface area contributed by atoms with E-state index in [2.05, 4.69) is 5.32 Å². The average Bonchev–Trinajstić information content (AvgIpc) is 2.76. The van der Waals surface area contributed by atoms with Gasteiger partial charge in [-0.05, 0) is 12.8 Å². The molecule has 0 radical (unpaired) electrons. The van der Waals surface area contributed by atoms with Crippen molar-refractivity contribution in [1.82, 2.24) is 10.2 Å². The highest BCUT2D eigenvalue weighted by Gasteiger charge is 2.32. The van der Waals surface area contributed by atoms with Gasteiger partial charge >= 0.3 is 5.97 Å². The number of hydrogen-bond acceptors (Lipinski definition) is 5. The second-order valence-electron chi connectivity index (χ2n) is 4.35. The number of rotatable bonds is 6. The number of nitrogens with one attached hydrogen (secondary N) is 1. The Morgan fingerprint density at radius 1 is 1.53 bits per heavy atom. The van der Waals surface area contributed by atoms with E-state index in [-0.39, 0.29) is 6.54 Å². The van der Waals surface area contributed by atoms with Crippen LogP contribution >= 0.6 is 0 Å². The summed E-state index contributed by atoms with van der Waals surface area (Å²) in [6.07, 6.45) is 0.804. The third-order valence-electron chi connectivity index (χ3n) is 2.98. The molecule has 0 aromatic carbocycles. The maximum Gasteiger partial charge on any atom is 0.305 e. The minimum Gasteiger partial charge on any atom is -0.481 e. The maximum absolute atomic E-state index is 12.0. The number of hydrogen-bond donors (Lipinski definition) is 3. The number of primary amides is 1. The Bertz CT molecular complexity index is 417. The van der Waals surface area contributed by atoms with Crippen molar-refractivity contribution >= 4 is 17.8 Å². The van der Waals surface area contributed by atoms with E-state index in [1.807, 2.05) is 6.07 Å². The monoisotopic (exact) mass is 268 g/mol. The van der Waals surface area contributed by atoms with Gasteiger partial charge in [0.25, 0.3) is 0 Å². The molecule has 19 heavy (non-hydrogen) atoms. The van der Waals surface area contributed by atoms with Crippen LogP contribution in [-0.2, 0) is 14.4 Å². The Morgan fingerprint density at radius 2 is 2.21 bits per heavy atom. The normalized spacial score (nSPS) is 20.5. The Kier molecular flexibility index (Phi) is 5.26. The van der Waals surface area contributed by atoms with Crippen molar-refractivity contribution in [1.29, 1.82) is 5.26 Å². The van der Waals surface area contributed by atoms with E-state index in [0.717, 1.165) is 6.42 Å². The van der Waals surface area contributed by atoms with Gasteiger partial charge in [0.05, 0.1) is 25.1 Å². The van der Waals surface area contributed by atoms with Crippen LogP contribution in [0.5, 0.6) is 0 Å². The quantitative estimate of drug-likeness (QED) is 0.497. The van der Waals surface area contributed by atoms with Crippen molar-refractivity contribution in [3.63, 3.8) is 0 Å². The minimum atomic E-state index is -1.23. The zero-order chi connectivity index (χ0) is 14.4. The number of carboxylic acids is 1. The molecular formula is C11H16N4O4. The fourth-order valence-corrected chi connectivity index (χ4v) is 2.07. The lowest BCUT2D eigenvalue weighted by Gasteiger charge is -2.22. The Morgan fingerprint density at radius 3 is 2.74 bits per heavy atom. The lowest BCUT2D eigenvalue weighted by atomic mass is 10.1. The second kappa shape index (κ2) is 6.70. The van der Waals surface area contributed by atoms with Crippen molar-refractivity contribution in [2.45, 2.75) is 31.3 Å². The number of carbonyl (C=O) groups is 3. The van der Waals surface area contributed by atoms with Crippen molar-refractivity contribution in [2.75, 3.05) is 13.1 Å². The highest BCUT2D eigenvalue weighted by Crippen LogP contribution is 2.16. The zero-order valence-corrected chi connectivity index (χ0v) is 10.3. The van der Waals surface area contributed by atoms with Crippen molar-refractivity contribution in [3.05, 3.63) is 0 Å². The van der Waals surface area contributed by atoms with Gasteiger partial charge in [-0.1, -0.05) is 0 Å². The van der Waals surface area contributed by atoms with E-state index >= 15 is 0 Å². The molecule has 1 heterocycles. The van der Waals surface area contributed by atoms with E-state index in [1.54, 1.807) is 4.90 Å². The summed E-state index contributed by atoms with van der Waals surface area (Å²) >= 11 is 0. The molecule has 0 aromatic rings. The molecule has 2 atom stereocenters.